The topological polar surface area (TPSA) is 70.6 Å². The third-order valence-corrected chi connectivity index (χ3v) is 2.20. The normalized spacial score (nSPS) is 10.8. The number of carbonyl (C=O) groups excluding carboxylic acids is 1. The van der Waals surface area contributed by atoms with Crippen molar-refractivity contribution < 1.29 is 14.6 Å². The number of benzene rings is 1. The second-order valence-corrected chi connectivity index (χ2v) is 4.35. The summed E-state index contributed by atoms with van der Waals surface area (Å²) in [6.45, 7) is 3.35. The van der Waals surface area contributed by atoms with Gasteiger partial charge in [0.15, 0.2) is 0 Å². The van der Waals surface area contributed by atoms with Gasteiger partial charge < -0.3 is 20.5 Å². The summed E-state index contributed by atoms with van der Waals surface area (Å²) in [6.07, 6.45) is 0. The van der Waals surface area contributed by atoms with Crippen LogP contribution in [0.25, 0.3) is 0 Å². The van der Waals surface area contributed by atoms with Crippen LogP contribution in [0.1, 0.15) is 13.8 Å². The lowest BCUT2D eigenvalue weighted by Crippen LogP contribution is -2.48. The van der Waals surface area contributed by atoms with Gasteiger partial charge in [-0.1, -0.05) is 0 Å². The van der Waals surface area contributed by atoms with Crippen LogP contribution in [0.3, 0.4) is 0 Å². The number of ether oxygens (including phenoxy) is 1. The van der Waals surface area contributed by atoms with Crippen molar-refractivity contribution in [2.24, 2.45) is 0 Å². The molecular formula is C12H18N2O3. The second kappa shape index (κ2) is 5.54. The highest BCUT2D eigenvalue weighted by atomic mass is 16.5. The van der Waals surface area contributed by atoms with E-state index in [0.717, 1.165) is 5.75 Å². The predicted molar refractivity (Wildman–Crippen MR) is 66.3 cm³/mol. The Labute approximate surface area is 101 Å². The molecule has 1 aromatic carbocycles. The molecule has 0 fully saturated rings. The monoisotopic (exact) mass is 238 g/mol. The number of aliphatic hydroxyl groups excluding tert-OH is 1. The molecule has 94 valence electrons. The molecule has 1 aromatic rings. The zero-order valence-electron chi connectivity index (χ0n) is 10.3. The van der Waals surface area contributed by atoms with Crippen molar-refractivity contribution in [3.63, 3.8) is 0 Å². The average Bonchev–Trinajstić information content (AvgIpc) is 2.29. The van der Waals surface area contributed by atoms with Gasteiger partial charge in [-0.3, -0.25) is 0 Å². The molecule has 0 aliphatic carbocycles. The first-order chi connectivity index (χ1) is 7.96. The number of rotatable bonds is 4. The number of carbonyl (C=O) groups is 1. The number of anilines is 1. The summed E-state index contributed by atoms with van der Waals surface area (Å²) in [5.74, 6) is 0.728. The summed E-state index contributed by atoms with van der Waals surface area (Å²) in [5, 5.41) is 14.3. The number of methoxy groups -OCH3 is 1. The van der Waals surface area contributed by atoms with Gasteiger partial charge in [0.1, 0.15) is 5.75 Å². The van der Waals surface area contributed by atoms with Crippen LogP contribution in [0.15, 0.2) is 24.3 Å². The minimum atomic E-state index is -0.642. The summed E-state index contributed by atoms with van der Waals surface area (Å²) in [6, 6.07) is 6.64. The fourth-order valence-corrected chi connectivity index (χ4v) is 1.18. The lowest BCUT2D eigenvalue weighted by Gasteiger charge is -2.23. The summed E-state index contributed by atoms with van der Waals surface area (Å²) in [7, 11) is 1.58. The molecule has 17 heavy (non-hydrogen) atoms. The van der Waals surface area contributed by atoms with Crippen LogP contribution in [-0.2, 0) is 0 Å². The van der Waals surface area contributed by atoms with E-state index in [1.54, 1.807) is 45.2 Å². The molecule has 0 saturated carbocycles. The van der Waals surface area contributed by atoms with E-state index in [1.165, 1.54) is 0 Å². The number of hydrogen-bond donors (Lipinski definition) is 3. The zero-order valence-corrected chi connectivity index (χ0v) is 10.3. The van der Waals surface area contributed by atoms with Gasteiger partial charge in [0.05, 0.1) is 19.3 Å². The summed E-state index contributed by atoms with van der Waals surface area (Å²) >= 11 is 0. The van der Waals surface area contributed by atoms with Gasteiger partial charge in [0.25, 0.3) is 0 Å². The van der Waals surface area contributed by atoms with E-state index in [0.29, 0.717) is 5.69 Å². The molecular weight excluding hydrogens is 220 g/mol. The van der Waals surface area contributed by atoms with Crippen LogP contribution >= 0.6 is 0 Å². The third kappa shape index (κ3) is 4.32. The first-order valence-corrected chi connectivity index (χ1v) is 5.31. The maximum Gasteiger partial charge on any atom is 0.319 e. The molecule has 3 N–H and O–H groups in total. The van der Waals surface area contributed by atoms with Gasteiger partial charge in [-0.25, -0.2) is 4.79 Å². The van der Waals surface area contributed by atoms with Crippen LogP contribution in [0.2, 0.25) is 0 Å². The Balaban J connectivity index is 2.56. The zero-order chi connectivity index (χ0) is 12.9. The lowest BCUT2D eigenvalue weighted by atomic mass is 10.1. The molecule has 0 heterocycles. The van der Waals surface area contributed by atoms with Crippen LogP contribution < -0.4 is 15.4 Å². The van der Waals surface area contributed by atoms with Crippen molar-refractivity contribution in [1.29, 1.82) is 0 Å². The summed E-state index contributed by atoms with van der Waals surface area (Å²) in [4.78, 5) is 11.6. The highest BCUT2D eigenvalue weighted by molar-refractivity contribution is 5.89. The Morgan fingerprint density at radius 1 is 1.35 bits per heavy atom. The molecule has 0 aliphatic rings. The number of hydrogen-bond acceptors (Lipinski definition) is 3. The maximum absolute atomic E-state index is 11.6. The first-order valence-electron chi connectivity index (χ1n) is 5.31. The standard InChI is InChI=1S/C12H18N2O3/c1-12(2,8-15)14-11(16)13-9-4-6-10(17-3)7-5-9/h4-7,15H,8H2,1-3H3,(H2,13,14,16). The van der Waals surface area contributed by atoms with Crippen molar-refractivity contribution in [3.05, 3.63) is 24.3 Å². The van der Waals surface area contributed by atoms with Gasteiger partial charge >= 0.3 is 6.03 Å². The smallest absolute Gasteiger partial charge is 0.319 e. The molecule has 0 unspecified atom stereocenters. The van der Waals surface area contributed by atoms with E-state index >= 15 is 0 Å². The van der Waals surface area contributed by atoms with E-state index in [-0.39, 0.29) is 12.6 Å². The maximum atomic E-state index is 11.6. The molecule has 0 spiro atoms. The quantitative estimate of drug-likeness (QED) is 0.746. The Bertz CT molecular complexity index is 374. The van der Waals surface area contributed by atoms with Crippen molar-refractivity contribution in [2.45, 2.75) is 19.4 Å². The fraction of sp³-hybridized carbons (Fsp3) is 0.417. The molecule has 0 bridgehead atoms. The number of amides is 2. The van der Waals surface area contributed by atoms with Crippen molar-refractivity contribution in [2.75, 3.05) is 19.0 Å². The lowest BCUT2D eigenvalue weighted by molar-refractivity contribution is 0.187. The van der Waals surface area contributed by atoms with E-state index in [2.05, 4.69) is 10.6 Å². The molecule has 0 aliphatic heterocycles. The minimum Gasteiger partial charge on any atom is -0.497 e. The summed E-state index contributed by atoms with van der Waals surface area (Å²) < 4.78 is 5.01. The summed E-state index contributed by atoms with van der Waals surface area (Å²) in [5.41, 5.74) is 0.0216. The molecule has 1 rings (SSSR count). The van der Waals surface area contributed by atoms with Crippen molar-refractivity contribution >= 4 is 11.7 Å². The average molecular weight is 238 g/mol. The Morgan fingerprint density at radius 3 is 2.41 bits per heavy atom. The minimum absolute atomic E-state index is 0.122. The van der Waals surface area contributed by atoms with E-state index in [4.69, 9.17) is 9.84 Å². The van der Waals surface area contributed by atoms with Crippen molar-refractivity contribution in [3.8, 4) is 5.75 Å². The Morgan fingerprint density at radius 2 is 1.94 bits per heavy atom. The van der Waals surface area contributed by atoms with Crippen LogP contribution in [-0.4, -0.2) is 30.4 Å². The SMILES string of the molecule is COc1ccc(NC(=O)NC(C)(C)CO)cc1. The fourth-order valence-electron chi connectivity index (χ4n) is 1.18. The molecule has 5 nitrogen and oxygen atoms in total. The number of nitrogens with one attached hydrogen (secondary N) is 2. The first kappa shape index (κ1) is 13.3. The van der Waals surface area contributed by atoms with Crippen LogP contribution in [0, 0.1) is 0 Å². The molecule has 2 amide bonds. The Kier molecular flexibility index (Phi) is 4.34. The van der Waals surface area contributed by atoms with Crippen LogP contribution in [0.4, 0.5) is 10.5 Å². The van der Waals surface area contributed by atoms with Gasteiger partial charge in [-0.2, -0.15) is 0 Å². The van der Waals surface area contributed by atoms with Gasteiger partial charge in [0, 0.05) is 5.69 Å². The van der Waals surface area contributed by atoms with Gasteiger partial charge in [-0.15, -0.1) is 0 Å². The Hall–Kier alpha value is -1.75. The second-order valence-electron chi connectivity index (χ2n) is 4.35. The number of aliphatic hydroxyl groups is 1. The highest BCUT2D eigenvalue weighted by Gasteiger charge is 2.18. The van der Waals surface area contributed by atoms with Crippen molar-refractivity contribution in [1.82, 2.24) is 5.32 Å². The van der Waals surface area contributed by atoms with E-state index in [9.17, 15) is 4.79 Å². The molecule has 0 saturated heterocycles. The molecule has 0 radical (unpaired) electrons. The molecule has 5 heteroatoms. The predicted octanol–water partition coefficient (Wildman–Crippen LogP) is 1.59. The van der Waals surface area contributed by atoms with Gasteiger partial charge in [0.2, 0.25) is 0 Å². The van der Waals surface area contributed by atoms with Gasteiger partial charge in [-0.05, 0) is 38.1 Å². The number of urea groups is 1. The molecule has 0 atom stereocenters. The third-order valence-electron chi connectivity index (χ3n) is 2.20. The molecule has 0 aromatic heterocycles. The van der Waals surface area contributed by atoms with E-state index in [1.807, 2.05) is 0 Å². The van der Waals surface area contributed by atoms with E-state index < -0.39 is 5.54 Å². The largest absolute Gasteiger partial charge is 0.497 e. The highest BCUT2D eigenvalue weighted by Crippen LogP contribution is 2.15. The van der Waals surface area contributed by atoms with Crippen LogP contribution in [0.5, 0.6) is 5.75 Å².